The second-order valence-electron chi connectivity index (χ2n) is 3.41. The van der Waals surface area contributed by atoms with E-state index in [0.29, 0.717) is 5.02 Å². The van der Waals surface area contributed by atoms with Crippen molar-refractivity contribution in [3.63, 3.8) is 0 Å². The predicted molar refractivity (Wildman–Crippen MR) is 61.4 cm³/mol. The first kappa shape index (κ1) is 8.56. The van der Waals surface area contributed by atoms with Gasteiger partial charge in [0.1, 0.15) is 0 Å². The van der Waals surface area contributed by atoms with Crippen LogP contribution in [-0.4, -0.2) is 9.97 Å². The number of halogens is 1. The van der Waals surface area contributed by atoms with Gasteiger partial charge in [-0.15, -0.1) is 0 Å². The van der Waals surface area contributed by atoms with Crippen LogP contribution < -0.4 is 5.56 Å². The highest BCUT2D eigenvalue weighted by Crippen LogP contribution is 2.28. The number of para-hydroxylation sites is 1. The summed E-state index contributed by atoms with van der Waals surface area (Å²) >= 11 is 6.05. The Hall–Kier alpha value is -1.74. The number of aromatic nitrogens is 2. The monoisotopic (exact) mass is 218 g/mol. The number of hydrogen-bond donors (Lipinski definition) is 2. The Morgan fingerprint density at radius 3 is 2.93 bits per heavy atom. The molecule has 2 heterocycles. The molecule has 0 fully saturated rings. The van der Waals surface area contributed by atoms with Crippen LogP contribution in [0.4, 0.5) is 0 Å². The topological polar surface area (TPSA) is 48.6 Å². The molecular formula is C11H7ClN2O. The van der Waals surface area contributed by atoms with Gasteiger partial charge in [0, 0.05) is 23.0 Å². The lowest BCUT2D eigenvalue weighted by molar-refractivity contribution is 1.26. The van der Waals surface area contributed by atoms with Gasteiger partial charge in [0.15, 0.2) is 0 Å². The number of aromatic amines is 2. The van der Waals surface area contributed by atoms with E-state index in [-0.39, 0.29) is 5.56 Å². The van der Waals surface area contributed by atoms with Crippen LogP contribution in [0.1, 0.15) is 0 Å². The predicted octanol–water partition coefficient (Wildman–Crippen LogP) is 2.66. The summed E-state index contributed by atoms with van der Waals surface area (Å²) in [5, 5.41) is 2.54. The molecule has 0 saturated heterocycles. The Labute approximate surface area is 89.7 Å². The maximum atomic E-state index is 11.2. The molecule has 0 spiro atoms. The van der Waals surface area contributed by atoms with Crippen LogP contribution in [0, 0.1) is 0 Å². The smallest absolute Gasteiger partial charge is 0.248 e. The zero-order valence-electron chi connectivity index (χ0n) is 7.67. The van der Waals surface area contributed by atoms with E-state index < -0.39 is 0 Å². The highest BCUT2D eigenvalue weighted by atomic mass is 35.5. The van der Waals surface area contributed by atoms with Crippen molar-refractivity contribution in [1.29, 1.82) is 0 Å². The SMILES string of the molecule is O=c1cc2c(c[nH]1)[nH]c1c(Cl)cccc12. The van der Waals surface area contributed by atoms with E-state index in [2.05, 4.69) is 9.97 Å². The van der Waals surface area contributed by atoms with Crippen molar-refractivity contribution in [1.82, 2.24) is 9.97 Å². The fourth-order valence-electron chi connectivity index (χ4n) is 1.81. The van der Waals surface area contributed by atoms with Gasteiger partial charge < -0.3 is 9.97 Å². The van der Waals surface area contributed by atoms with E-state index in [1.807, 2.05) is 18.2 Å². The van der Waals surface area contributed by atoms with Crippen molar-refractivity contribution >= 4 is 33.4 Å². The molecule has 1 aromatic carbocycles. The number of pyridine rings is 1. The zero-order valence-corrected chi connectivity index (χ0v) is 8.43. The van der Waals surface area contributed by atoms with Gasteiger partial charge in [0.05, 0.1) is 16.1 Å². The number of benzene rings is 1. The number of hydrogen-bond acceptors (Lipinski definition) is 1. The van der Waals surface area contributed by atoms with Crippen molar-refractivity contribution in [2.75, 3.05) is 0 Å². The second-order valence-corrected chi connectivity index (χ2v) is 3.82. The Morgan fingerprint density at radius 2 is 2.07 bits per heavy atom. The third-order valence-electron chi connectivity index (χ3n) is 2.49. The van der Waals surface area contributed by atoms with Crippen LogP contribution in [0.5, 0.6) is 0 Å². The van der Waals surface area contributed by atoms with Crippen LogP contribution in [0.25, 0.3) is 21.8 Å². The van der Waals surface area contributed by atoms with E-state index in [1.54, 1.807) is 12.3 Å². The zero-order chi connectivity index (χ0) is 10.4. The lowest BCUT2D eigenvalue weighted by Crippen LogP contribution is -2.00. The molecule has 3 rings (SSSR count). The van der Waals surface area contributed by atoms with Crippen LogP contribution in [-0.2, 0) is 0 Å². The summed E-state index contributed by atoms with van der Waals surface area (Å²) in [6.07, 6.45) is 1.66. The molecule has 15 heavy (non-hydrogen) atoms. The Balaban J connectivity index is 2.64. The van der Waals surface area contributed by atoms with E-state index in [1.165, 1.54) is 0 Å². The third-order valence-corrected chi connectivity index (χ3v) is 2.80. The summed E-state index contributed by atoms with van der Waals surface area (Å²) in [6, 6.07) is 7.21. The molecule has 0 aliphatic rings. The first-order valence-electron chi connectivity index (χ1n) is 4.54. The summed E-state index contributed by atoms with van der Waals surface area (Å²) in [4.78, 5) is 17.0. The van der Waals surface area contributed by atoms with Crippen molar-refractivity contribution in [2.45, 2.75) is 0 Å². The quantitative estimate of drug-likeness (QED) is 0.599. The van der Waals surface area contributed by atoms with Gasteiger partial charge in [-0.3, -0.25) is 4.79 Å². The molecule has 0 amide bonds. The largest absolute Gasteiger partial charge is 0.352 e. The van der Waals surface area contributed by atoms with E-state index in [9.17, 15) is 4.79 Å². The molecule has 2 aromatic heterocycles. The molecule has 3 nitrogen and oxygen atoms in total. The number of rotatable bonds is 0. The molecule has 0 atom stereocenters. The van der Waals surface area contributed by atoms with Crippen LogP contribution in [0.2, 0.25) is 5.02 Å². The molecular weight excluding hydrogens is 212 g/mol. The molecule has 0 aliphatic carbocycles. The van der Waals surface area contributed by atoms with Crippen molar-refractivity contribution < 1.29 is 0 Å². The molecule has 0 bridgehead atoms. The summed E-state index contributed by atoms with van der Waals surface area (Å²) in [6.45, 7) is 0. The van der Waals surface area contributed by atoms with Crippen molar-refractivity contribution in [3.8, 4) is 0 Å². The van der Waals surface area contributed by atoms with Gasteiger partial charge in [-0.25, -0.2) is 0 Å². The van der Waals surface area contributed by atoms with Crippen molar-refractivity contribution in [2.24, 2.45) is 0 Å². The normalized spacial score (nSPS) is 11.3. The Bertz CT molecular complexity index is 711. The van der Waals surface area contributed by atoms with E-state index >= 15 is 0 Å². The second kappa shape index (κ2) is 2.87. The van der Waals surface area contributed by atoms with E-state index in [0.717, 1.165) is 21.8 Å². The highest BCUT2D eigenvalue weighted by molar-refractivity contribution is 6.36. The summed E-state index contributed by atoms with van der Waals surface area (Å²) in [5.74, 6) is 0. The van der Waals surface area contributed by atoms with Gasteiger partial charge >= 0.3 is 0 Å². The molecule has 0 aliphatic heterocycles. The molecule has 0 unspecified atom stereocenters. The summed E-state index contributed by atoms with van der Waals surface area (Å²) in [5.41, 5.74) is 1.65. The van der Waals surface area contributed by atoms with Crippen LogP contribution in [0.15, 0.2) is 35.3 Å². The number of fused-ring (bicyclic) bond motifs is 3. The first-order valence-corrected chi connectivity index (χ1v) is 4.92. The molecule has 74 valence electrons. The van der Waals surface area contributed by atoms with Gasteiger partial charge in [-0.1, -0.05) is 23.7 Å². The van der Waals surface area contributed by atoms with Crippen LogP contribution >= 0.6 is 11.6 Å². The minimum atomic E-state index is -0.108. The molecule has 3 aromatic rings. The van der Waals surface area contributed by atoms with Gasteiger partial charge in [-0.2, -0.15) is 0 Å². The standard InChI is InChI=1S/C11H7ClN2O/c12-8-3-1-2-6-7-4-10(15)13-5-9(7)14-11(6)8/h1-5,14H,(H,13,15). The van der Waals surface area contributed by atoms with E-state index in [4.69, 9.17) is 11.6 Å². The first-order chi connectivity index (χ1) is 7.25. The van der Waals surface area contributed by atoms with Gasteiger partial charge in [0.25, 0.3) is 0 Å². The van der Waals surface area contributed by atoms with Crippen molar-refractivity contribution in [3.05, 3.63) is 45.8 Å². The fourth-order valence-corrected chi connectivity index (χ4v) is 2.03. The minimum Gasteiger partial charge on any atom is -0.352 e. The lowest BCUT2D eigenvalue weighted by atomic mass is 10.2. The molecule has 2 N–H and O–H groups in total. The maximum absolute atomic E-state index is 11.2. The fraction of sp³-hybridized carbons (Fsp3) is 0. The molecule has 4 heteroatoms. The Morgan fingerprint density at radius 1 is 1.20 bits per heavy atom. The number of nitrogens with one attached hydrogen (secondary N) is 2. The Kier molecular flexibility index (Phi) is 1.64. The van der Waals surface area contributed by atoms with Gasteiger partial charge in [0.2, 0.25) is 5.56 Å². The average Bonchev–Trinajstić information content (AvgIpc) is 2.58. The average molecular weight is 219 g/mol. The third kappa shape index (κ3) is 1.17. The molecule has 0 saturated carbocycles. The van der Waals surface area contributed by atoms with Gasteiger partial charge in [-0.05, 0) is 6.07 Å². The van der Waals surface area contributed by atoms with Crippen LogP contribution in [0.3, 0.4) is 0 Å². The maximum Gasteiger partial charge on any atom is 0.248 e. The molecule has 0 radical (unpaired) electrons. The summed E-state index contributed by atoms with van der Waals surface area (Å²) < 4.78 is 0. The minimum absolute atomic E-state index is 0.108. The highest BCUT2D eigenvalue weighted by Gasteiger charge is 2.06. The number of H-pyrrole nitrogens is 2. The summed E-state index contributed by atoms with van der Waals surface area (Å²) in [7, 11) is 0. The lowest BCUT2D eigenvalue weighted by Gasteiger charge is -1.91.